The van der Waals surface area contributed by atoms with Crippen LogP contribution < -0.4 is 20.1 Å². The molecule has 10 heteroatoms. The number of nitrogens with one attached hydrogen (secondary N) is 2. The summed E-state index contributed by atoms with van der Waals surface area (Å²) in [6.07, 6.45) is 3.87. The van der Waals surface area contributed by atoms with Crippen LogP contribution in [0.3, 0.4) is 0 Å². The van der Waals surface area contributed by atoms with Crippen molar-refractivity contribution < 1.29 is 38.7 Å². The molecule has 2 amide bonds. The van der Waals surface area contributed by atoms with Gasteiger partial charge in [-0.25, -0.2) is 9.59 Å². The van der Waals surface area contributed by atoms with Crippen LogP contribution in [0.4, 0.5) is 9.59 Å². The molecule has 0 unspecified atom stereocenters. The predicted octanol–water partition coefficient (Wildman–Crippen LogP) is 5.28. The second-order valence-corrected chi connectivity index (χ2v) is 12.0. The number of amides is 2. The second-order valence-electron chi connectivity index (χ2n) is 12.0. The molecular formula is C33H48N2O8. The lowest BCUT2D eigenvalue weighted by Gasteiger charge is -2.19. The van der Waals surface area contributed by atoms with Crippen LogP contribution in [0.2, 0.25) is 0 Å². The van der Waals surface area contributed by atoms with Gasteiger partial charge in [0.2, 0.25) is 0 Å². The van der Waals surface area contributed by atoms with E-state index in [0.717, 1.165) is 23.3 Å². The summed E-state index contributed by atoms with van der Waals surface area (Å²) in [5, 5.41) is 23.1. The number of aliphatic hydroxyl groups excluding tert-OH is 2. The number of para-hydroxylation sites is 2. The molecule has 2 aromatic carbocycles. The zero-order chi connectivity index (χ0) is 31.9. The normalized spacial score (nSPS) is 16.0. The number of carbonyl (C=O) groups is 2. The number of carbonyl (C=O) groups excluding carboxylic acids is 2. The van der Waals surface area contributed by atoms with E-state index in [0.29, 0.717) is 37.3 Å². The Morgan fingerprint density at radius 1 is 0.814 bits per heavy atom. The maximum Gasteiger partial charge on any atom is 0.407 e. The first-order valence-corrected chi connectivity index (χ1v) is 14.6. The van der Waals surface area contributed by atoms with E-state index in [4.69, 9.17) is 29.2 Å². The van der Waals surface area contributed by atoms with Gasteiger partial charge in [-0.15, -0.1) is 0 Å². The van der Waals surface area contributed by atoms with E-state index < -0.39 is 17.3 Å². The highest BCUT2D eigenvalue weighted by Gasteiger charge is 2.40. The number of hydrogen-bond donors (Lipinski definition) is 4. The van der Waals surface area contributed by atoms with Crippen LogP contribution in [0.25, 0.3) is 6.08 Å². The van der Waals surface area contributed by atoms with E-state index in [-0.39, 0.29) is 25.9 Å². The lowest BCUT2D eigenvalue weighted by molar-refractivity contribution is 0.0517. The van der Waals surface area contributed by atoms with Crippen molar-refractivity contribution >= 4 is 18.3 Å². The summed E-state index contributed by atoms with van der Waals surface area (Å²) < 4.78 is 21.3. The minimum absolute atomic E-state index is 0.00261. The fraction of sp³-hybridized carbons (Fsp3) is 0.515. The highest BCUT2D eigenvalue weighted by molar-refractivity contribution is 5.68. The Balaban J connectivity index is 0.000000301. The van der Waals surface area contributed by atoms with Crippen molar-refractivity contribution in [3.63, 3.8) is 0 Å². The third-order valence-corrected chi connectivity index (χ3v) is 5.83. The van der Waals surface area contributed by atoms with Crippen LogP contribution in [-0.4, -0.2) is 73.1 Å². The molecular weight excluding hydrogens is 552 g/mol. The average Bonchev–Trinajstić information content (AvgIpc) is 3.71. The molecule has 0 aliphatic heterocycles. The monoisotopic (exact) mass is 600 g/mol. The number of alkyl carbamates (subject to hydrolysis) is 2. The number of aliphatic hydroxyl groups is 2. The summed E-state index contributed by atoms with van der Waals surface area (Å²) in [5.74, 6) is 2.32. The standard InChI is InChI=1S/C17H25NO4.C16H23NO4/c1-17(2,3)22-16(20)18-11-12-10-14(12)13-6-4-5-7-15(13)21-9-8-19;1-16(2,3)21-15(19)17-10-6-8-13-7-4-5-9-14(13)20-12-11-18/h4-7,12,14,19H,8-11H2,1-3H3,(H,18,20);4-9,18H,10-12H2,1-3H3,(H,17,19)/b;8-6+/t12-,14+;/m1./s1. The van der Waals surface area contributed by atoms with Crippen molar-refractivity contribution in [2.45, 2.75) is 65.1 Å². The first kappa shape index (κ1) is 35.4. The molecule has 0 radical (unpaired) electrons. The molecule has 0 bridgehead atoms. The fourth-order valence-corrected chi connectivity index (χ4v) is 4.00. The Hall–Kier alpha value is -3.76. The molecule has 1 aliphatic rings. The van der Waals surface area contributed by atoms with E-state index in [2.05, 4.69) is 10.6 Å². The van der Waals surface area contributed by atoms with Crippen molar-refractivity contribution in [2.24, 2.45) is 5.92 Å². The predicted molar refractivity (Wildman–Crippen MR) is 166 cm³/mol. The van der Waals surface area contributed by atoms with Gasteiger partial charge in [-0.3, -0.25) is 0 Å². The summed E-state index contributed by atoms with van der Waals surface area (Å²) in [4.78, 5) is 23.1. The molecule has 0 heterocycles. The summed E-state index contributed by atoms with van der Waals surface area (Å²) >= 11 is 0. The lowest BCUT2D eigenvalue weighted by Crippen LogP contribution is -2.33. The van der Waals surface area contributed by atoms with Gasteiger partial charge in [0.1, 0.15) is 35.9 Å². The molecule has 238 valence electrons. The van der Waals surface area contributed by atoms with Gasteiger partial charge in [0, 0.05) is 18.7 Å². The highest BCUT2D eigenvalue weighted by atomic mass is 16.6. The van der Waals surface area contributed by atoms with Gasteiger partial charge in [0.05, 0.1) is 13.2 Å². The van der Waals surface area contributed by atoms with Gasteiger partial charge < -0.3 is 39.8 Å². The Bertz CT molecular complexity index is 1170. The fourth-order valence-electron chi connectivity index (χ4n) is 4.00. The minimum atomic E-state index is -0.501. The molecule has 43 heavy (non-hydrogen) atoms. The van der Waals surface area contributed by atoms with Crippen LogP contribution in [0.15, 0.2) is 54.6 Å². The van der Waals surface area contributed by atoms with Crippen LogP contribution in [-0.2, 0) is 9.47 Å². The number of rotatable bonds is 12. The number of ether oxygens (including phenoxy) is 4. The topological polar surface area (TPSA) is 136 Å². The Kier molecular flexibility index (Phi) is 14.3. The highest BCUT2D eigenvalue weighted by Crippen LogP contribution is 2.49. The molecule has 1 aliphatic carbocycles. The Morgan fingerprint density at radius 2 is 1.35 bits per heavy atom. The number of benzene rings is 2. The van der Waals surface area contributed by atoms with E-state index in [1.807, 2.05) is 102 Å². The summed E-state index contributed by atoms with van der Waals surface area (Å²) in [5.41, 5.74) is 1.06. The van der Waals surface area contributed by atoms with Crippen LogP contribution in [0, 0.1) is 5.92 Å². The van der Waals surface area contributed by atoms with Crippen molar-refractivity contribution in [2.75, 3.05) is 39.5 Å². The molecule has 0 spiro atoms. The first-order chi connectivity index (χ1) is 20.3. The molecule has 0 saturated heterocycles. The smallest absolute Gasteiger partial charge is 0.407 e. The van der Waals surface area contributed by atoms with Gasteiger partial charge in [0.25, 0.3) is 0 Å². The Morgan fingerprint density at radius 3 is 1.95 bits per heavy atom. The van der Waals surface area contributed by atoms with Crippen molar-refractivity contribution in [3.05, 3.63) is 65.7 Å². The maximum atomic E-state index is 11.7. The molecule has 4 N–H and O–H groups in total. The quantitative estimate of drug-likeness (QED) is 0.258. The van der Waals surface area contributed by atoms with Gasteiger partial charge in [-0.2, -0.15) is 0 Å². The third-order valence-electron chi connectivity index (χ3n) is 5.83. The molecule has 2 aromatic rings. The third kappa shape index (κ3) is 14.8. The van der Waals surface area contributed by atoms with E-state index in [9.17, 15) is 9.59 Å². The molecule has 1 saturated carbocycles. The molecule has 10 nitrogen and oxygen atoms in total. The lowest BCUT2D eigenvalue weighted by atomic mass is 10.1. The summed E-state index contributed by atoms with van der Waals surface area (Å²) in [6.45, 7) is 12.5. The summed E-state index contributed by atoms with van der Waals surface area (Å²) in [7, 11) is 0. The molecule has 2 atom stereocenters. The Labute approximate surface area is 255 Å². The first-order valence-electron chi connectivity index (χ1n) is 14.6. The van der Waals surface area contributed by atoms with Crippen LogP contribution in [0.1, 0.15) is 65.0 Å². The van der Waals surface area contributed by atoms with Gasteiger partial charge in [-0.1, -0.05) is 48.6 Å². The molecule has 1 fully saturated rings. The maximum absolute atomic E-state index is 11.7. The van der Waals surface area contributed by atoms with Crippen molar-refractivity contribution in [1.82, 2.24) is 10.6 Å². The zero-order valence-corrected chi connectivity index (χ0v) is 26.2. The average molecular weight is 601 g/mol. The van der Waals surface area contributed by atoms with Gasteiger partial charge in [-0.05, 0) is 77.5 Å². The van der Waals surface area contributed by atoms with Gasteiger partial charge >= 0.3 is 12.2 Å². The van der Waals surface area contributed by atoms with Gasteiger partial charge in [0.15, 0.2) is 0 Å². The largest absolute Gasteiger partial charge is 0.491 e. The SMILES string of the molecule is CC(C)(C)OC(=O)NC/C=C/c1ccccc1OCCO.CC(C)(C)OC(=O)NC[C@H]1C[C@@H]1c1ccccc1OCCO. The van der Waals surface area contributed by atoms with E-state index in [1.165, 1.54) is 0 Å². The molecule has 0 aromatic heterocycles. The zero-order valence-electron chi connectivity index (χ0n) is 26.2. The van der Waals surface area contributed by atoms with Crippen LogP contribution >= 0.6 is 0 Å². The molecule has 3 rings (SSSR count). The van der Waals surface area contributed by atoms with Crippen LogP contribution in [0.5, 0.6) is 11.5 Å². The minimum Gasteiger partial charge on any atom is -0.491 e. The number of hydrogen-bond acceptors (Lipinski definition) is 8. The second kappa shape index (κ2) is 17.4. The summed E-state index contributed by atoms with van der Waals surface area (Å²) in [6, 6.07) is 15.4. The van der Waals surface area contributed by atoms with Crippen molar-refractivity contribution in [1.29, 1.82) is 0 Å². The van der Waals surface area contributed by atoms with E-state index >= 15 is 0 Å². The van der Waals surface area contributed by atoms with Crippen molar-refractivity contribution in [3.8, 4) is 11.5 Å². The van der Waals surface area contributed by atoms with E-state index in [1.54, 1.807) is 0 Å².